The topological polar surface area (TPSA) is 63.9 Å². The average molecular weight is 231 g/mol. The first-order valence-corrected chi connectivity index (χ1v) is 5.59. The number of ether oxygens (including phenoxy) is 1. The van der Waals surface area contributed by atoms with Crippen molar-refractivity contribution in [1.82, 2.24) is 9.97 Å². The van der Waals surface area contributed by atoms with E-state index < -0.39 is 0 Å². The molecule has 17 heavy (non-hydrogen) atoms. The summed E-state index contributed by atoms with van der Waals surface area (Å²) < 4.78 is 5.33. The number of nitrogens with one attached hydrogen (secondary N) is 1. The molecule has 0 radical (unpaired) electrons. The first kappa shape index (κ1) is 11.7. The Morgan fingerprint density at radius 3 is 2.94 bits per heavy atom. The van der Waals surface area contributed by atoms with Gasteiger partial charge in [-0.3, -0.25) is 0 Å². The first-order chi connectivity index (χ1) is 8.20. The molecule has 0 spiro atoms. The molecule has 2 aromatic rings. The number of nitrogens with zero attached hydrogens (tertiary/aromatic N) is 1. The molecule has 0 aliphatic heterocycles. The van der Waals surface area contributed by atoms with Crippen molar-refractivity contribution in [1.29, 1.82) is 0 Å². The lowest BCUT2D eigenvalue weighted by atomic mass is 10.0. The quantitative estimate of drug-likeness (QED) is 0.845. The molecule has 0 fully saturated rings. The van der Waals surface area contributed by atoms with E-state index in [9.17, 15) is 0 Å². The fourth-order valence-electron chi connectivity index (χ4n) is 1.88. The molecule has 1 aromatic carbocycles. The van der Waals surface area contributed by atoms with Gasteiger partial charge in [-0.1, -0.05) is 17.7 Å². The summed E-state index contributed by atoms with van der Waals surface area (Å²) in [4.78, 5) is 7.20. The molecule has 0 amide bonds. The van der Waals surface area contributed by atoms with Crippen molar-refractivity contribution >= 4 is 0 Å². The molecule has 0 saturated carbocycles. The van der Waals surface area contributed by atoms with Crippen LogP contribution in [0.2, 0.25) is 0 Å². The van der Waals surface area contributed by atoms with Crippen LogP contribution < -0.4 is 10.5 Å². The zero-order valence-electron chi connectivity index (χ0n) is 10.1. The van der Waals surface area contributed by atoms with Crippen LogP contribution in [0.3, 0.4) is 0 Å². The van der Waals surface area contributed by atoms with Crippen molar-refractivity contribution in [2.45, 2.75) is 19.4 Å². The van der Waals surface area contributed by atoms with E-state index in [1.165, 1.54) is 5.56 Å². The van der Waals surface area contributed by atoms with Crippen molar-refractivity contribution < 1.29 is 4.74 Å². The Labute approximate surface area is 101 Å². The van der Waals surface area contributed by atoms with Crippen LogP contribution >= 0.6 is 0 Å². The standard InChI is InChI=1S/C13H17N3O/c1-9-3-4-12(17-2)10(7-9)8-11(14)13-15-5-6-16-13/h3-7,11H,8,14H2,1-2H3,(H,15,16). The highest BCUT2D eigenvalue weighted by Crippen LogP contribution is 2.23. The van der Waals surface area contributed by atoms with Crippen LogP contribution in [0, 0.1) is 6.92 Å². The average Bonchev–Trinajstić information content (AvgIpc) is 2.83. The van der Waals surface area contributed by atoms with Gasteiger partial charge >= 0.3 is 0 Å². The molecule has 4 heteroatoms. The second kappa shape index (κ2) is 5.01. The summed E-state index contributed by atoms with van der Waals surface area (Å²) in [5.74, 6) is 1.67. The molecule has 0 saturated heterocycles. The number of hydrogen-bond donors (Lipinski definition) is 2. The third-order valence-corrected chi connectivity index (χ3v) is 2.75. The SMILES string of the molecule is COc1ccc(C)cc1CC(N)c1ncc[nH]1. The predicted octanol–water partition coefficient (Wildman–Crippen LogP) is 1.97. The number of hydrogen-bond acceptors (Lipinski definition) is 3. The fraction of sp³-hybridized carbons (Fsp3) is 0.308. The van der Waals surface area contributed by atoms with E-state index in [4.69, 9.17) is 10.5 Å². The van der Waals surface area contributed by atoms with Gasteiger partial charge in [0.25, 0.3) is 0 Å². The molecule has 4 nitrogen and oxygen atoms in total. The van der Waals surface area contributed by atoms with Gasteiger partial charge in [0, 0.05) is 12.4 Å². The Hall–Kier alpha value is -1.81. The Balaban J connectivity index is 2.20. The lowest BCUT2D eigenvalue weighted by Gasteiger charge is -2.13. The van der Waals surface area contributed by atoms with Crippen molar-refractivity contribution in [2.24, 2.45) is 5.73 Å². The summed E-state index contributed by atoms with van der Waals surface area (Å²) in [5.41, 5.74) is 8.40. The van der Waals surface area contributed by atoms with E-state index in [-0.39, 0.29) is 6.04 Å². The van der Waals surface area contributed by atoms with E-state index in [1.54, 1.807) is 19.5 Å². The van der Waals surface area contributed by atoms with Gasteiger partial charge in [0.1, 0.15) is 11.6 Å². The minimum atomic E-state index is -0.138. The molecule has 0 aliphatic carbocycles. The lowest BCUT2D eigenvalue weighted by Crippen LogP contribution is -2.15. The second-order valence-electron chi connectivity index (χ2n) is 4.10. The highest BCUT2D eigenvalue weighted by molar-refractivity contribution is 5.37. The van der Waals surface area contributed by atoms with Gasteiger partial charge < -0.3 is 15.5 Å². The van der Waals surface area contributed by atoms with Crippen molar-refractivity contribution in [3.63, 3.8) is 0 Å². The van der Waals surface area contributed by atoms with Crippen molar-refractivity contribution in [3.8, 4) is 5.75 Å². The summed E-state index contributed by atoms with van der Waals surface area (Å²) in [7, 11) is 1.67. The monoisotopic (exact) mass is 231 g/mol. The molecular formula is C13H17N3O. The van der Waals surface area contributed by atoms with Crippen LogP contribution in [-0.2, 0) is 6.42 Å². The summed E-state index contributed by atoms with van der Waals surface area (Å²) >= 11 is 0. The lowest BCUT2D eigenvalue weighted by molar-refractivity contribution is 0.407. The van der Waals surface area contributed by atoms with E-state index in [0.717, 1.165) is 17.1 Å². The number of benzene rings is 1. The van der Waals surface area contributed by atoms with E-state index in [0.29, 0.717) is 6.42 Å². The minimum Gasteiger partial charge on any atom is -0.496 e. The Morgan fingerprint density at radius 1 is 1.47 bits per heavy atom. The number of aromatic nitrogens is 2. The Kier molecular flexibility index (Phi) is 3.44. The van der Waals surface area contributed by atoms with Gasteiger partial charge in [0.2, 0.25) is 0 Å². The third-order valence-electron chi connectivity index (χ3n) is 2.75. The summed E-state index contributed by atoms with van der Waals surface area (Å²) in [6, 6.07) is 5.96. The molecular weight excluding hydrogens is 214 g/mol. The summed E-state index contributed by atoms with van der Waals surface area (Å²) in [6.07, 6.45) is 4.20. The van der Waals surface area contributed by atoms with Crippen molar-refractivity contribution in [2.75, 3.05) is 7.11 Å². The van der Waals surface area contributed by atoms with Gasteiger partial charge in [-0.15, -0.1) is 0 Å². The van der Waals surface area contributed by atoms with Crippen LogP contribution in [0.15, 0.2) is 30.6 Å². The van der Waals surface area contributed by atoms with Crippen LogP contribution in [0.1, 0.15) is 23.0 Å². The molecule has 1 atom stereocenters. The van der Waals surface area contributed by atoms with Crippen LogP contribution in [0.4, 0.5) is 0 Å². The number of H-pyrrole nitrogens is 1. The summed E-state index contributed by atoms with van der Waals surface area (Å²) in [6.45, 7) is 2.06. The van der Waals surface area contributed by atoms with Gasteiger partial charge in [-0.25, -0.2) is 4.98 Å². The zero-order valence-corrected chi connectivity index (χ0v) is 10.1. The predicted molar refractivity (Wildman–Crippen MR) is 67.0 cm³/mol. The maximum atomic E-state index is 6.10. The number of rotatable bonds is 4. The van der Waals surface area contributed by atoms with Gasteiger partial charge in [-0.05, 0) is 25.0 Å². The van der Waals surface area contributed by atoms with E-state index in [2.05, 4.69) is 23.0 Å². The molecule has 0 aliphatic rings. The van der Waals surface area contributed by atoms with Gasteiger partial charge in [0.05, 0.1) is 13.2 Å². The maximum absolute atomic E-state index is 6.10. The molecule has 1 heterocycles. The Morgan fingerprint density at radius 2 is 2.29 bits per heavy atom. The smallest absolute Gasteiger partial charge is 0.123 e. The highest BCUT2D eigenvalue weighted by Gasteiger charge is 2.12. The van der Waals surface area contributed by atoms with Crippen molar-refractivity contribution in [3.05, 3.63) is 47.5 Å². The zero-order chi connectivity index (χ0) is 12.3. The largest absolute Gasteiger partial charge is 0.496 e. The minimum absolute atomic E-state index is 0.138. The number of methoxy groups -OCH3 is 1. The fourth-order valence-corrected chi connectivity index (χ4v) is 1.88. The molecule has 1 unspecified atom stereocenters. The third kappa shape index (κ3) is 2.65. The van der Waals surface area contributed by atoms with E-state index >= 15 is 0 Å². The summed E-state index contributed by atoms with van der Waals surface area (Å²) in [5, 5.41) is 0. The second-order valence-corrected chi connectivity index (χ2v) is 4.10. The number of nitrogens with two attached hydrogens (primary N) is 1. The molecule has 90 valence electrons. The van der Waals surface area contributed by atoms with Crippen LogP contribution in [-0.4, -0.2) is 17.1 Å². The van der Waals surface area contributed by atoms with Gasteiger partial charge in [0.15, 0.2) is 0 Å². The molecule has 2 rings (SSSR count). The Bertz CT molecular complexity index is 479. The van der Waals surface area contributed by atoms with Crippen LogP contribution in [0.5, 0.6) is 5.75 Å². The van der Waals surface area contributed by atoms with Crippen LogP contribution in [0.25, 0.3) is 0 Å². The number of aromatic amines is 1. The molecule has 0 bridgehead atoms. The van der Waals surface area contributed by atoms with Gasteiger partial charge in [-0.2, -0.15) is 0 Å². The maximum Gasteiger partial charge on any atom is 0.123 e. The normalized spacial score (nSPS) is 12.4. The van der Waals surface area contributed by atoms with E-state index in [1.807, 2.05) is 12.1 Å². The molecule has 1 aromatic heterocycles. The molecule has 3 N–H and O–H groups in total. The number of aryl methyl sites for hydroxylation is 1. The highest BCUT2D eigenvalue weighted by atomic mass is 16.5. The first-order valence-electron chi connectivity index (χ1n) is 5.59. The number of imidazole rings is 1.